The van der Waals surface area contributed by atoms with E-state index < -0.39 is 0 Å². The number of para-hydroxylation sites is 1. The Kier molecular flexibility index (Phi) is 6.04. The summed E-state index contributed by atoms with van der Waals surface area (Å²) >= 11 is 0. The number of amides is 1. The summed E-state index contributed by atoms with van der Waals surface area (Å²) in [7, 11) is 1.65. The third kappa shape index (κ3) is 4.96. The molecule has 26 heavy (non-hydrogen) atoms. The minimum atomic E-state index is 0.0379. The van der Waals surface area contributed by atoms with Gasteiger partial charge in [-0.15, -0.1) is 0 Å². The summed E-state index contributed by atoms with van der Waals surface area (Å²) in [6.45, 7) is 1.30. The van der Waals surface area contributed by atoms with Crippen LogP contribution in [0.25, 0.3) is 0 Å². The van der Waals surface area contributed by atoms with Crippen LogP contribution in [0.3, 0.4) is 0 Å². The molecule has 0 fully saturated rings. The molecule has 0 aliphatic heterocycles. The lowest BCUT2D eigenvalue weighted by Crippen LogP contribution is -2.23. The second-order valence-electron chi connectivity index (χ2n) is 6.14. The van der Waals surface area contributed by atoms with Crippen molar-refractivity contribution in [2.45, 2.75) is 25.9 Å². The van der Waals surface area contributed by atoms with E-state index in [-0.39, 0.29) is 5.91 Å². The van der Waals surface area contributed by atoms with Crippen molar-refractivity contribution in [3.05, 3.63) is 83.9 Å². The molecule has 0 aliphatic carbocycles. The van der Waals surface area contributed by atoms with Crippen LogP contribution >= 0.6 is 0 Å². The van der Waals surface area contributed by atoms with Crippen LogP contribution in [-0.4, -0.2) is 22.6 Å². The number of ether oxygens (including phenoxy) is 1. The number of nitrogens with one attached hydrogen (secondary N) is 1. The lowest BCUT2D eigenvalue weighted by atomic mass is 10.1. The number of nitrogens with zero attached hydrogens (tertiary/aromatic N) is 2. The molecule has 0 bridgehead atoms. The van der Waals surface area contributed by atoms with E-state index in [0.29, 0.717) is 19.4 Å². The first kappa shape index (κ1) is 17.7. The van der Waals surface area contributed by atoms with E-state index in [9.17, 15) is 4.79 Å². The topological polar surface area (TPSA) is 56.1 Å². The molecule has 3 rings (SSSR count). The quantitative estimate of drug-likeness (QED) is 0.679. The Morgan fingerprint density at radius 3 is 2.81 bits per heavy atom. The van der Waals surface area contributed by atoms with E-state index in [4.69, 9.17) is 4.74 Å². The molecule has 1 N–H and O–H groups in total. The lowest BCUT2D eigenvalue weighted by molar-refractivity contribution is -0.121. The highest BCUT2D eigenvalue weighted by Gasteiger charge is 2.06. The van der Waals surface area contributed by atoms with Crippen LogP contribution in [0.1, 0.15) is 23.1 Å². The summed E-state index contributed by atoms with van der Waals surface area (Å²) in [5.74, 6) is 0.864. The van der Waals surface area contributed by atoms with E-state index in [1.54, 1.807) is 19.6 Å². The highest BCUT2D eigenvalue weighted by molar-refractivity contribution is 5.76. The molecule has 0 unspecified atom stereocenters. The van der Waals surface area contributed by atoms with E-state index in [1.807, 2.05) is 47.2 Å². The molecule has 2 aromatic carbocycles. The van der Waals surface area contributed by atoms with Gasteiger partial charge in [-0.1, -0.05) is 42.5 Å². The number of methoxy groups -OCH3 is 1. The van der Waals surface area contributed by atoms with E-state index in [0.717, 1.165) is 23.4 Å². The SMILES string of the molecule is COc1ccccc1CCC(=O)NCc1cccc(Cn2ccnc2)c1. The van der Waals surface area contributed by atoms with Crippen LogP contribution in [0.2, 0.25) is 0 Å². The van der Waals surface area contributed by atoms with Crippen molar-refractivity contribution in [2.24, 2.45) is 0 Å². The molecule has 0 spiro atoms. The maximum atomic E-state index is 12.2. The molecule has 0 atom stereocenters. The first-order chi connectivity index (χ1) is 12.7. The molecular weight excluding hydrogens is 326 g/mol. The fraction of sp³-hybridized carbons (Fsp3) is 0.238. The molecule has 0 radical (unpaired) electrons. The monoisotopic (exact) mass is 349 g/mol. The van der Waals surface area contributed by atoms with Crippen molar-refractivity contribution in [1.82, 2.24) is 14.9 Å². The van der Waals surface area contributed by atoms with E-state index in [1.165, 1.54) is 5.56 Å². The Balaban J connectivity index is 1.50. The molecule has 0 saturated heterocycles. The standard InChI is InChI=1S/C21H23N3O2/c1-26-20-8-3-2-7-19(20)9-10-21(25)23-14-17-5-4-6-18(13-17)15-24-12-11-22-16-24/h2-8,11-13,16H,9-10,14-15H2,1H3,(H,23,25). The zero-order valence-corrected chi connectivity index (χ0v) is 14.9. The van der Waals surface area contributed by atoms with Crippen molar-refractivity contribution in [2.75, 3.05) is 7.11 Å². The maximum Gasteiger partial charge on any atom is 0.220 e. The summed E-state index contributed by atoms with van der Waals surface area (Å²) in [5, 5.41) is 2.99. The molecular formula is C21H23N3O2. The zero-order chi connectivity index (χ0) is 18.2. The molecule has 5 heteroatoms. The fourth-order valence-corrected chi connectivity index (χ4v) is 2.88. The minimum absolute atomic E-state index is 0.0379. The number of carbonyl (C=O) groups excluding carboxylic acids is 1. The summed E-state index contributed by atoms with van der Waals surface area (Å²) in [4.78, 5) is 16.2. The number of imidazole rings is 1. The molecule has 1 aromatic heterocycles. The second-order valence-corrected chi connectivity index (χ2v) is 6.14. The summed E-state index contributed by atoms with van der Waals surface area (Å²) < 4.78 is 7.34. The largest absolute Gasteiger partial charge is 0.496 e. The van der Waals surface area contributed by atoms with E-state index >= 15 is 0 Å². The number of hydrogen-bond donors (Lipinski definition) is 1. The van der Waals surface area contributed by atoms with E-state index in [2.05, 4.69) is 22.4 Å². The van der Waals surface area contributed by atoms with Crippen LogP contribution in [0.5, 0.6) is 5.75 Å². The fourth-order valence-electron chi connectivity index (χ4n) is 2.88. The molecule has 1 heterocycles. The van der Waals surface area contributed by atoms with Crippen molar-refractivity contribution >= 4 is 5.91 Å². The summed E-state index contributed by atoms with van der Waals surface area (Å²) in [6.07, 6.45) is 6.61. The minimum Gasteiger partial charge on any atom is -0.496 e. The predicted molar refractivity (Wildman–Crippen MR) is 101 cm³/mol. The normalized spacial score (nSPS) is 10.5. The lowest BCUT2D eigenvalue weighted by Gasteiger charge is -2.09. The van der Waals surface area contributed by atoms with Gasteiger partial charge >= 0.3 is 0 Å². The Hall–Kier alpha value is -3.08. The van der Waals surface area contributed by atoms with Crippen molar-refractivity contribution in [1.29, 1.82) is 0 Å². The van der Waals surface area contributed by atoms with Gasteiger partial charge in [0.05, 0.1) is 13.4 Å². The molecule has 3 aromatic rings. The van der Waals surface area contributed by atoms with Gasteiger partial charge in [0.25, 0.3) is 0 Å². The smallest absolute Gasteiger partial charge is 0.220 e. The van der Waals surface area contributed by atoms with Crippen LogP contribution < -0.4 is 10.1 Å². The molecule has 0 saturated carbocycles. The molecule has 5 nitrogen and oxygen atoms in total. The highest BCUT2D eigenvalue weighted by atomic mass is 16.5. The number of carbonyl (C=O) groups is 1. The second kappa shape index (κ2) is 8.85. The molecule has 0 aliphatic rings. The first-order valence-electron chi connectivity index (χ1n) is 8.67. The number of hydrogen-bond acceptors (Lipinski definition) is 3. The number of aryl methyl sites for hydroxylation is 1. The maximum absolute atomic E-state index is 12.2. The summed E-state index contributed by atoms with van der Waals surface area (Å²) in [6, 6.07) is 16.0. The van der Waals surface area contributed by atoms with Gasteiger partial charge in [0.1, 0.15) is 5.75 Å². The number of aromatic nitrogens is 2. The zero-order valence-electron chi connectivity index (χ0n) is 14.9. The van der Waals surface area contributed by atoms with Gasteiger partial charge in [0.2, 0.25) is 5.91 Å². The molecule has 134 valence electrons. The number of benzene rings is 2. The Labute approximate surface area is 153 Å². The van der Waals surface area contributed by atoms with Crippen molar-refractivity contribution in [3.63, 3.8) is 0 Å². The van der Waals surface area contributed by atoms with Crippen LogP contribution in [-0.2, 0) is 24.3 Å². The Morgan fingerprint density at radius 1 is 1.15 bits per heavy atom. The van der Waals surface area contributed by atoms with Gasteiger partial charge in [-0.3, -0.25) is 4.79 Å². The Bertz CT molecular complexity index is 844. The van der Waals surface area contributed by atoms with Gasteiger partial charge in [0.15, 0.2) is 0 Å². The highest BCUT2D eigenvalue weighted by Crippen LogP contribution is 2.18. The van der Waals surface area contributed by atoms with Gasteiger partial charge in [-0.05, 0) is 29.2 Å². The van der Waals surface area contributed by atoms with Crippen molar-refractivity contribution in [3.8, 4) is 5.75 Å². The van der Waals surface area contributed by atoms with Crippen LogP contribution in [0.15, 0.2) is 67.3 Å². The van der Waals surface area contributed by atoms with Gasteiger partial charge in [-0.25, -0.2) is 4.98 Å². The van der Waals surface area contributed by atoms with Gasteiger partial charge in [-0.2, -0.15) is 0 Å². The first-order valence-corrected chi connectivity index (χ1v) is 8.67. The molecule has 1 amide bonds. The van der Waals surface area contributed by atoms with Crippen LogP contribution in [0, 0.1) is 0 Å². The predicted octanol–water partition coefficient (Wildman–Crippen LogP) is 3.19. The van der Waals surface area contributed by atoms with Gasteiger partial charge < -0.3 is 14.6 Å². The third-order valence-corrected chi connectivity index (χ3v) is 4.22. The van der Waals surface area contributed by atoms with Crippen molar-refractivity contribution < 1.29 is 9.53 Å². The van der Waals surface area contributed by atoms with Crippen LogP contribution in [0.4, 0.5) is 0 Å². The Morgan fingerprint density at radius 2 is 2.00 bits per heavy atom. The average molecular weight is 349 g/mol. The average Bonchev–Trinajstić information content (AvgIpc) is 3.18. The third-order valence-electron chi connectivity index (χ3n) is 4.22. The summed E-state index contributed by atoms with van der Waals surface area (Å²) in [5.41, 5.74) is 3.32. The van der Waals surface area contributed by atoms with Gasteiger partial charge in [0, 0.05) is 31.9 Å². The number of rotatable bonds is 8.